The molecule has 1 atom stereocenters. The highest BCUT2D eigenvalue weighted by molar-refractivity contribution is 7.07. The number of hydrogen-bond acceptors (Lipinski definition) is 10. The van der Waals surface area contributed by atoms with E-state index < -0.39 is 28.5 Å². The summed E-state index contributed by atoms with van der Waals surface area (Å²) in [5.41, 5.74) is 0.560. The van der Waals surface area contributed by atoms with Crippen LogP contribution in [-0.4, -0.2) is 35.6 Å². The second-order valence-electron chi connectivity index (χ2n) is 7.89. The van der Waals surface area contributed by atoms with E-state index in [4.69, 9.17) is 14.2 Å². The second kappa shape index (κ2) is 10.2. The number of nitro benzene ring substituents is 1. The summed E-state index contributed by atoms with van der Waals surface area (Å²) in [5, 5.41) is 11.5. The zero-order valence-electron chi connectivity index (χ0n) is 20.2. The molecular formula is C25H21N3O8S. The van der Waals surface area contributed by atoms with E-state index in [0.29, 0.717) is 16.1 Å². The van der Waals surface area contributed by atoms with Gasteiger partial charge in [0, 0.05) is 13.0 Å². The van der Waals surface area contributed by atoms with Crippen LogP contribution in [0.15, 0.2) is 63.5 Å². The van der Waals surface area contributed by atoms with Crippen LogP contribution in [0.3, 0.4) is 0 Å². The number of benzene rings is 2. The quantitative estimate of drug-likeness (QED) is 0.207. The number of nitro groups is 1. The Morgan fingerprint density at radius 3 is 2.54 bits per heavy atom. The highest BCUT2D eigenvalue weighted by Gasteiger charge is 2.33. The molecule has 1 aliphatic heterocycles. The third-order valence-electron chi connectivity index (χ3n) is 5.60. The first-order valence-electron chi connectivity index (χ1n) is 10.9. The zero-order valence-corrected chi connectivity index (χ0v) is 21.0. The minimum Gasteiger partial charge on any atom is -0.493 e. The summed E-state index contributed by atoms with van der Waals surface area (Å²) in [4.78, 5) is 53.6. The van der Waals surface area contributed by atoms with E-state index in [-0.39, 0.29) is 32.9 Å². The highest BCUT2D eigenvalue weighted by Crippen LogP contribution is 2.36. The van der Waals surface area contributed by atoms with Gasteiger partial charge in [-0.1, -0.05) is 29.5 Å². The van der Waals surface area contributed by atoms with Gasteiger partial charge in [-0.2, -0.15) is 0 Å². The Labute approximate surface area is 213 Å². The van der Waals surface area contributed by atoms with Gasteiger partial charge in [0.2, 0.25) is 0 Å². The number of carbonyl (C=O) groups is 2. The zero-order chi connectivity index (χ0) is 26.9. The van der Waals surface area contributed by atoms with Gasteiger partial charge in [0.25, 0.3) is 11.2 Å². The van der Waals surface area contributed by atoms with Crippen molar-refractivity contribution in [1.29, 1.82) is 0 Å². The largest absolute Gasteiger partial charge is 0.493 e. The van der Waals surface area contributed by atoms with Crippen LogP contribution in [0.25, 0.3) is 6.08 Å². The maximum atomic E-state index is 13.6. The summed E-state index contributed by atoms with van der Waals surface area (Å²) in [5.74, 6) is -0.834. The molecule has 11 nitrogen and oxygen atoms in total. The Kier molecular flexibility index (Phi) is 7.02. The highest BCUT2D eigenvalue weighted by atomic mass is 32.1. The molecule has 37 heavy (non-hydrogen) atoms. The third kappa shape index (κ3) is 4.78. The summed E-state index contributed by atoms with van der Waals surface area (Å²) in [7, 11) is 2.62. The normalized spacial score (nSPS) is 15.0. The van der Waals surface area contributed by atoms with E-state index in [9.17, 15) is 24.5 Å². The van der Waals surface area contributed by atoms with Crippen LogP contribution in [0.1, 0.15) is 31.0 Å². The molecule has 0 saturated heterocycles. The van der Waals surface area contributed by atoms with Gasteiger partial charge >= 0.3 is 11.9 Å². The van der Waals surface area contributed by atoms with Gasteiger partial charge in [-0.05, 0) is 36.8 Å². The van der Waals surface area contributed by atoms with Crippen molar-refractivity contribution < 1.29 is 28.7 Å². The lowest BCUT2D eigenvalue weighted by atomic mass is 9.95. The van der Waals surface area contributed by atoms with Crippen LogP contribution >= 0.6 is 11.3 Å². The number of allylic oxidation sites excluding steroid dienone is 1. The number of aromatic nitrogens is 1. The fourth-order valence-electron chi connectivity index (χ4n) is 4.02. The average Bonchev–Trinajstić information content (AvgIpc) is 3.17. The number of rotatable bonds is 6. The number of methoxy groups -OCH3 is 2. The first-order chi connectivity index (χ1) is 17.7. The smallest absolute Gasteiger partial charge is 0.338 e. The van der Waals surface area contributed by atoms with Gasteiger partial charge in [0.15, 0.2) is 16.3 Å². The number of nitrogens with zero attached hydrogens (tertiary/aromatic N) is 3. The Bertz CT molecular complexity index is 1650. The van der Waals surface area contributed by atoms with Crippen molar-refractivity contribution in [3.05, 3.63) is 94.7 Å². The van der Waals surface area contributed by atoms with Gasteiger partial charge in [-0.25, -0.2) is 9.79 Å². The molecule has 0 radical (unpaired) electrons. The molecule has 1 aliphatic rings. The number of fused-ring (bicyclic) bond motifs is 1. The molecule has 0 fully saturated rings. The van der Waals surface area contributed by atoms with E-state index in [2.05, 4.69) is 4.99 Å². The SMILES string of the molecule is COC(=O)C1=C(C)N=c2s/c(=C/c3ccccc3[N+](=O)[O-])c(=O)n2C1c1ccc(OC(C)=O)c(OC)c1. The maximum absolute atomic E-state index is 13.6. The van der Waals surface area contributed by atoms with Crippen LogP contribution < -0.4 is 24.4 Å². The molecule has 4 rings (SSSR count). The fourth-order valence-corrected chi connectivity index (χ4v) is 5.06. The van der Waals surface area contributed by atoms with E-state index in [0.717, 1.165) is 11.3 Å². The van der Waals surface area contributed by atoms with Gasteiger partial charge < -0.3 is 14.2 Å². The van der Waals surface area contributed by atoms with Crippen molar-refractivity contribution in [3.63, 3.8) is 0 Å². The first-order valence-corrected chi connectivity index (χ1v) is 11.7. The van der Waals surface area contributed by atoms with Crippen LogP contribution in [0.2, 0.25) is 0 Å². The molecule has 12 heteroatoms. The monoisotopic (exact) mass is 523 g/mol. The van der Waals surface area contributed by atoms with Gasteiger partial charge in [0.1, 0.15) is 0 Å². The van der Waals surface area contributed by atoms with Crippen LogP contribution in [-0.2, 0) is 14.3 Å². The first kappa shape index (κ1) is 25.5. The molecule has 2 aromatic carbocycles. The number of hydrogen-bond donors (Lipinski definition) is 0. The minimum atomic E-state index is -0.947. The Morgan fingerprint density at radius 1 is 1.16 bits per heavy atom. The maximum Gasteiger partial charge on any atom is 0.338 e. The van der Waals surface area contributed by atoms with E-state index >= 15 is 0 Å². The molecule has 190 valence electrons. The Hall–Kier alpha value is -4.58. The average molecular weight is 524 g/mol. The van der Waals surface area contributed by atoms with Crippen LogP contribution in [0.4, 0.5) is 5.69 Å². The number of ether oxygens (including phenoxy) is 3. The predicted molar refractivity (Wildman–Crippen MR) is 133 cm³/mol. The number of para-hydroxylation sites is 1. The van der Waals surface area contributed by atoms with Crippen molar-refractivity contribution in [2.45, 2.75) is 19.9 Å². The van der Waals surface area contributed by atoms with Crippen LogP contribution in [0.5, 0.6) is 11.5 Å². The van der Waals surface area contributed by atoms with Gasteiger partial charge in [-0.15, -0.1) is 0 Å². The lowest BCUT2D eigenvalue weighted by molar-refractivity contribution is -0.385. The second-order valence-corrected chi connectivity index (χ2v) is 8.90. The van der Waals surface area contributed by atoms with E-state index in [1.165, 1.54) is 56.1 Å². The summed E-state index contributed by atoms with van der Waals surface area (Å²) in [6.07, 6.45) is 1.43. The number of esters is 2. The molecule has 0 bridgehead atoms. The third-order valence-corrected chi connectivity index (χ3v) is 6.59. The standard InChI is InChI=1S/C25H21N3O8S/c1-13-21(24(31)35-4)22(16-9-10-18(36-14(2)29)19(11-16)34-3)27-23(30)20(37-25(27)26-13)12-15-7-5-6-8-17(15)28(32)33/h5-12,22H,1-4H3/b20-12+. The van der Waals surface area contributed by atoms with Crippen molar-refractivity contribution in [2.75, 3.05) is 14.2 Å². The van der Waals surface area contributed by atoms with Crippen LogP contribution in [0, 0.1) is 10.1 Å². The molecule has 3 aromatic rings. The molecular weight excluding hydrogens is 502 g/mol. The van der Waals surface area contributed by atoms with Gasteiger partial charge in [0.05, 0.1) is 46.6 Å². The van der Waals surface area contributed by atoms with Gasteiger partial charge in [-0.3, -0.25) is 24.3 Å². The molecule has 0 amide bonds. The summed E-state index contributed by atoms with van der Waals surface area (Å²) < 4.78 is 17.1. The lowest BCUT2D eigenvalue weighted by Crippen LogP contribution is -2.39. The summed E-state index contributed by atoms with van der Waals surface area (Å²) in [6, 6.07) is 9.78. The molecule has 0 N–H and O–H groups in total. The molecule has 0 spiro atoms. The minimum absolute atomic E-state index is 0.134. The summed E-state index contributed by atoms with van der Waals surface area (Å²) >= 11 is 1.04. The van der Waals surface area contributed by atoms with Crippen molar-refractivity contribution in [3.8, 4) is 11.5 Å². The number of carbonyl (C=O) groups excluding carboxylic acids is 2. The molecule has 1 unspecified atom stereocenters. The summed E-state index contributed by atoms with van der Waals surface area (Å²) in [6.45, 7) is 2.88. The molecule has 0 aliphatic carbocycles. The fraction of sp³-hybridized carbons (Fsp3) is 0.200. The van der Waals surface area contributed by atoms with Crippen molar-refractivity contribution in [1.82, 2.24) is 4.57 Å². The van der Waals surface area contributed by atoms with E-state index in [1.807, 2.05) is 0 Å². The van der Waals surface area contributed by atoms with Crippen molar-refractivity contribution >= 4 is 35.0 Å². The Balaban J connectivity index is 1.98. The lowest BCUT2D eigenvalue weighted by Gasteiger charge is -2.25. The topological polar surface area (TPSA) is 139 Å². The number of thiazole rings is 1. The van der Waals surface area contributed by atoms with E-state index in [1.54, 1.807) is 25.1 Å². The molecule has 2 heterocycles. The predicted octanol–water partition coefficient (Wildman–Crippen LogP) is 2.25. The molecule has 1 aromatic heterocycles. The molecule has 0 saturated carbocycles. The Morgan fingerprint density at radius 2 is 1.89 bits per heavy atom. The van der Waals surface area contributed by atoms with Crippen molar-refractivity contribution in [2.24, 2.45) is 4.99 Å².